The summed E-state index contributed by atoms with van der Waals surface area (Å²) in [6.45, 7) is 0. The SMILES string of the molecule is Clc1ccc(N(Br)Br)cc1. The van der Waals surface area contributed by atoms with E-state index in [2.05, 4.69) is 32.3 Å². The molecule has 0 heterocycles. The fourth-order valence-corrected chi connectivity index (χ4v) is 1.15. The summed E-state index contributed by atoms with van der Waals surface area (Å²) in [6.07, 6.45) is 0. The zero-order valence-electron chi connectivity index (χ0n) is 4.89. The molecule has 0 atom stereocenters. The first-order valence-corrected chi connectivity index (χ1v) is 4.37. The molecule has 1 aromatic carbocycles. The van der Waals surface area contributed by atoms with Crippen molar-refractivity contribution >= 4 is 49.6 Å². The lowest BCUT2D eigenvalue weighted by Crippen LogP contribution is -1.87. The lowest BCUT2D eigenvalue weighted by Gasteiger charge is -2.04. The Hall–Kier alpha value is 0.270. The van der Waals surface area contributed by atoms with Crippen molar-refractivity contribution in [2.24, 2.45) is 0 Å². The normalized spacial score (nSPS) is 9.50. The molecule has 0 aliphatic rings. The molecule has 0 radical (unpaired) electrons. The smallest absolute Gasteiger partial charge is 0.0617 e. The van der Waals surface area contributed by atoms with Gasteiger partial charge in [0.2, 0.25) is 0 Å². The van der Waals surface area contributed by atoms with Crippen molar-refractivity contribution in [1.29, 1.82) is 0 Å². The van der Waals surface area contributed by atoms with E-state index in [4.69, 9.17) is 11.6 Å². The third-order valence-electron chi connectivity index (χ3n) is 1.02. The number of benzene rings is 1. The maximum Gasteiger partial charge on any atom is 0.0617 e. The number of nitrogens with zero attached hydrogens (tertiary/aromatic N) is 1. The van der Waals surface area contributed by atoms with Crippen molar-refractivity contribution in [2.45, 2.75) is 0 Å². The van der Waals surface area contributed by atoms with Crippen LogP contribution in [-0.2, 0) is 0 Å². The molecule has 0 spiro atoms. The van der Waals surface area contributed by atoms with Gasteiger partial charge in [-0.05, 0) is 24.3 Å². The fraction of sp³-hybridized carbons (Fsp3) is 0. The molecule has 10 heavy (non-hydrogen) atoms. The highest BCUT2D eigenvalue weighted by Gasteiger charge is 1.95. The van der Waals surface area contributed by atoms with Gasteiger partial charge >= 0.3 is 0 Å². The zero-order valence-corrected chi connectivity index (χ0v) is 8.82. The van der Waals surface area contributed by atoms with Crippen molar-refractivity contribution in [3.8, 4) is 0 Å². The van der Waals surface area contributed by atoms with E-state index in [0.717, 1.165) is 10.7 Å². The number of hydrogen-bond donors (Lipinski definition) is 0. The average Bonchev–Trinajstić information content (AvgIpc) is 1.88. The maximum absolute atomic E-state index is 5.67. The topological polar surface area (TPSA) is 3.24 Å². The lowest BCUT2D eigenvalue weighted by atomic mass is 10.3. The second kappa shape index (κ2) is 3.60. The van der Waals surface area contributed by atoms with E-state index in [1.54, 1.807) is 2.95 Å². The molecule has 0 aliphatic carbocycles. The largest absolute Gasteiger partial charge is 0.243 e. The van der Waals surface area contributed by atoms with Crippen LogP contribution in [0, 0.1) is 0 Å². The van der Waals surface area contributed by atoms with Crippen molar-refractivity contribution in [3.63, 3.8) is 0 Å². The Kier molecular flexibility index (Phi) is 3.01. The molecule has 0 saturated heterocycles. The summed E-state index contributed by atoms with van der Waals surface area (Å²) < 4.78 is 1.66. The summed E-state index contributed by atoms with van der Waals surface area (Å²) in [6, 6.07) is 7.44. The van der Waals surface area contributed by atoms with Crippen molar-refractivity contribution < 1.29 is 0 Å². The van der Waals surface area contributed by atoms with Crippen LogP contribution in [0.5, 0.6) is 0 Å². The molecule has 0 fully saturated rings. The molecule has 0 saturated carbocycles. The Morgan fingerprint density at radius 3 is 2.00 bits per heavy atom. The molecular formula is C6H4Br2ClN. The van der Waals surface area contributed by atoms with Gasteiger partial charge in [-0.3, -0.25) is 0 Å². The van der Waals surface area contributed by atoms with Crippen LogP contribution in [0.25, 0.3) is 0 Å². The van der Waals surface area contributed by atoms with Crippen molar-refractivity contribution in [1.82, 2.24) is 0 Å². The van der Waals surface area contributed by atoms with Crippen LogP contribution < -0.4 is 2.95 Å². The third-order valence-corrected chi connectivity index (χ3v) is 2.09. The number of halogens is 3. The molecule has 0 unspecified atom stereocenters. The molecule has 4 heteroatoms. The summed E-state index contributed by atoms with van der Waals surface area (Å²) in [5.41, 5.74) is 1.00. The summed E-state index contributed by atoms with van der Waals surface area (Å²) in [7, 11) is 0. The Morgan fingerprint density at radius 2 is 1.60 bits per heavy atom. The Bertz CT molecular complexity index is 209. The van der Waals surface area contributed by atoms with Crippen LogP contribution in [-0.4, -0.2) is 0 Å². The molecule has 1 aromatic rings. The van der Waals surface area contributed by atoms with E-state index < -0.39 is 0 Å². The molecule has 1 rings (SSSR count). The zero-order chi connectivity index (χ0) is 7.56. The van der Waals surface area contributed by atoms with Crippen LogP contribution >= 0.6 is 43.9 Å². The highest BCUT2D eigenvalue weighted by molar-refractivity contribution is 9.25. The van der Waals surface area contributed by atoms with Crippen LogP contribution in [0.4, 0.5) is 5.69 Å². The Balaban J connectivity index is 2.89. The standard InChI is InChI=1S/C6H4Br2ClN/c7-10(8)6-3-1-5(9)2-4-6/h1-4H. The van der Waals surface area contributed by atoms with E-state index in [-0.39, 0.29) is 0 Å². The second-order valence-corrected chi connectivity index (χ2v) is 4.52. The molecular weight excluding hydrogens is 281 g/mol. The van der Waals surface area contributed by atoms with Gasteiger partial charge in [0.1, 0.15) is 0 Å². The molecule has 0 amide bonds. The summed E-state index contributed by atoms with van der Waals surface area (Å²) in [5.74, 6) is 0. The number of hydrogen-bond acceptors (Lipinski definition) is 1. The van der Waals surface area contributed by atoms with Crippen molar-refractivity contribution in [3.05, 3.63) is 29.3 Å². The van der Waals surface area contributed by atoms with E-state index >= 15 is 0 Å². The van der Waals surface area contributed by atoms with Crippen LogP contribution in [0.2, 0.25) is 5.02 Å². The second-order valence-electron chi connectivity index (χ2n) is 1.71. The highest BCUT2D eigenvalue weighted by Crippen LogP contribution is 2.23. The maximum atomic E-state index is 5.67. The van der Waals surface area contributed by atoms with Gasteiger partial charge in [-0.15, -0.1) is 0 Å². The van der Waals surface area contributed by atoms with Crippen molar-refractivity contribution in [2.75, 3.05) is 2.95 Å². The van der Waals surface area contributed by atoms with Gasteiger partial charge in [-0.25, -0.2) is 2.95 Å². The molecule has 0 N–H and O–H groups in total. The van der Waals surface area contributed by atoms with Gasteiger partial charge in [0, 0.05) is 5.02 Å². The van der Waals surface area contributed by atoms with Gasteiger partial charge < -0.3 is 0 Å². The third kappa shape index (κ3) is 2.15. The van der Waals surface area contributed by atoms with E-state index in [1.807, 2.05) is 24.3 Å². The highest BCUT2D eigenvalue weighted by atomic mass is 79.9. The minimum absolute atomic E-state index is 0.741. The van der Waals surface area contributed by atoms with E-state index in [9.17, 15) is 0 Å². The van der Waals surface area contributed by atoms with E-state index in [0.29, 0.717) is 0 Å². The minimum Gasteiger partial charge on any atom is -0.243 e. The van der Waals surface area contributed by atoms with Crippen LogP contribution in [0.1, 0.15) is 0 Å². The first-order valence-electron chi connectivity index (χ1n) is 2.57. The predicted octanol–water partition coefficient (Wildman–Crippen LogP) is 3.77. The number of rotatable bonds is 1. The average molecular weight is 285 g/mol. The number of anilines is 1. The molecule has 0 bridgehead atoms. The van der Waals surface area contributed by atoms with Gasteiger partial charge in [0.25, 0.3) is 0 Å². The minimum atomic E-state index is 0.741. The molecule has 0 aliphatic heterocycles. The van der Waals surface area contributed by atoms with Crippen LogP contribution in [0.15, 0.2) is 24.3 Å². The Morgan fingerprint density at radius 1 is 1.10 bits per heavy atom. The van der Waals surface area contributed by atoms with Crippen LogP contribution in [0.3, 0.4) is 0 Å². The first kappa shape index (κ1) is 8.37. The molecule has 54 valence electrons. The van der Waals surface area contributed by atoms with Gasteiger partial charge in [0.05, 0.1) is 38.0 Å². The van der Waals surface area contributed by atoms with E-state index in [1.165, 1.54) is 0 Å². The Labute approximate surface area is 81.6 Å². The summed E-state index contributed by atoms with van der Waals surface area (Å²) >= 11 is 12.1. The fourth-order valence-electron chi connectivity index (χ4n) is 0.554. The summed E-state index contributed by atoms with van der Waals surface area (Å²) in [5, 5.41) is 0.741. The quantitative estimate of drug-likeness (QED) is 0.710. The van der Waals surface area contributed by atoms with Gasteiger partial charge in [-0.1, -0.05) is 11.6 Å². The predicted molar refractivity (Wildman–Crippen MR) is 51.8 cm³/mol. The lowest BCUT2D eigenvalue weighted by molar-refractivity contribution is 1.63. The monoisotopic (exact) mass is 283 g/mol. The summed E-state index contributed by atoms with van der Waals surface area (Å²) in [4.78, 5) is 0. The first-order chi connectivity index (χ1) is 4.70. The van der Waals surface area contributed by atoms with Gasteiger partial charge in [-0.2, -0.15) is 0 Å². The molecule has 1 nitrogen and oxygen atoms in total. The molecule has 0 aromatic heterocycles. The van der Waals surface area contributed by atoms with Gasteiger partial charge in [0.15, 0.2) is 0 Å².